The molecule has 4 heteroatoms. The van der Waals surface area contributed by atoms with E-state index >= 15 is 0 Å². The zero-order valence-corrected chi connectivity index (χ0v) is 17.5. The second-order valence-corrected chi connectivity index (χ2v) is 6.36. The molecule has 2 aromatic carbocycles. The Labute approximate surface area is 167 Å². The summed E-state index contributed by atoms with van der Waals surface area (Å²) in [6.45, 7) is 12.4. The second-order valence-electron chi connectivity index (χ2n) is 6.36. The van der Waals surface area contributed by atoms with Crippen LogP contribution in [-0.4, -0.2) is 7.05 Å². The highest BCUT2D eigenvalue weighted by atomic mass is 19.3. The van der Waals surface area contributed by atoms with Crippen LogP contribution in [0.1, 0.15) is 43.0 Å². The summed E-state index contributed by atoms with van der Waals surface area (Å²) in [7, 11) is 1.69. The number of nitrogens with one attached hydrogen (secondary N) is 1. The monoisotopic (exact) mass is 382 g/mol. The molecule has 0 spiro atoms. The lowest BCUT2D eigenvalue weighted by Gasteiger charge is -2.16. The first-order valence-electron chi connectivity index (χ1n) is 9.27. The molecule has 0 unspecified atom stereocenters. The summed E-state index contributed by atoms with van der Waals surface area (Å²) in [5.41, 5.74) is 5.32. The van der Waals surface area contributed by atoms with Gasteiger partial charge in [0.2, 0.25) is 0 Å². The summed E-state index contributed by atoms with van der Waals surface area (Å²) in [5.74, 6) is -2.87. The number of aryl methyl sites for hydroxylation is 2. The molecule has 0 fully saturated rings. The fourth-order valence-electron chi connectivity index (χ4n) is 3.06. The summed E-state index contributed by atoms with van der Waals surface area (Å²) in [5, 5.41) is 12.2. The topological polar surface area (TPSA) is 35.8 Å². The van der Waals surface area contributed by atoms with Crippen molar-refractivity contribution in [2.24, 2.45) is 0 Å². The molecular formula is C24H28F2N2. The molecule has 2 nitrogen and oxygen atoms in total. The van der Waals surface area contributed by atoms with E-state index in [1.165, 1.54) is 6.07 Å². The lowest BCUT2D eigenvalue weighted by atomic mass is 9.93. The van der Waals surface area contributed by atoms with Gasteiger partial charge in [-0.05, 0) is 47.7 Å². The van der Waals surface area contributed by atoms with E-state index in [1.807, 2.05) is 39.0 Å². The largest absolute Gasteiger partial charge is 0.379 e. The molecule has 0 saturated heterocycles. The van der Waals surface area contributed by atoms with E-state index < -0.39 is 5.92 Å². The van der Waals surface area contributed by atoms with Crippen LogP contribution in [0.4, 0.5) is 8.78 Å². The van der Waals surface area contributed by atoms with Gasteiger partial charge >= 0.3 is 0 Å². The maximum Gasteiger partial charge on any atom is 0.270 e. The standard InChI is InChI=1S/C22H22F2N2.C2H6/c1-6-19(21(13-25)26-5)18-10-14(2)9-17(12-18)16-7-8-20(15(3)11-16)22(4,23)24;1-2/h6-12,26H,1H2,2-5H3;1-2H3/b21-19+;. The van der Waals surface area contributed by atoms with Crippen LogP contribution in [0.15, 0.2) is 54.8 Å². The zero-order chi connectivity index (χ0) is 21.5. The molecule has 1 N–H and O–H groups in total. The van der Waals surface area contributed by atoms with Crippen molar-refractivity contribution < 1.29 is 8.78 Å². The Bertz CT molecular complexity index is 913. The van der Waals surface area contributed by atoms with Crippen molar-refractivity contribution in [2.45, 2.75) is 40.5 Å². The van der Waals surface area contributed by atoms with Crippen LogP contribution in [0.25, 0.3) is 16.7 Å². The normalized spacial score (nSPS) is 11.5. The Morgan fingerprint density at radius 2 is 1.75 bits per heavy atom. The van der Waals surface area contributed by atoms with Crippen molar-refractivity contribution in [1.29, 1.82) is 5.26 Å². The zero-order valence-electron chi connectivity index (χ0n) is 17.5. The van der Waals surface area contributed by atoms with Gasteiger partial charge < -0.3 is 5.32 Å². The molecule has 0 amide bonds. The molecule has 0 aliphatic heterocycles. The van der Waals surface area contributed by atoms with Gasteiger partial charge in [0.1, 0.15) is 11.8 Å². The van der Waals surface area contributed by atoms with E-state index in [1.54, 1.807) is 32.2 Å². The Morgan fingerprint density at radius 3 is 2.21 bits per heavy atom. The predicted octanol–water partition coefficient (Wildman–Crippen LogP) is 6.75. The fraction of sp³-hybridized carbons (Fsp3) is 0.292. The molecule has 0 radical (unpaired) electrons. The number of hydrogen-bond donors (Lipinski definition) is 1. The van der Waals surface area contributed by atoms with Crippen LogP contribution in [0.2, 0.25) is 0 Å². The lowest BCUT2D eigenvalue weighted by Crippen LogP contribution is -2.09. The molecule has 0 aliphatic carbocycles. The van der Waals surface area contributed by atoms with E-state index in [9.17, 15) is 14.0 Å². The van der Waals surface area contributed by atoms with Gasteiger partial charge in [-0.3, -0.25) is 0 Å². The molecule has 0 aromatic heterocycles. The van der Waals surface area contributed by atoms with E-state index in [0.29, 0.717) is 16.8 Å². The summed E-state index contributed by atoms with van der Waals surface area (Å²) in [6, 6.07) is 13.0. The Hall–Kier alpha value is -2.93. The molecule has 28 heavy (non-hydrogen) atoms. The van der Waals surface area contributed by atoms with Gasteiger partial charge in [0, 0.05) is 25.1 Å². The van der Waals surface area contributed by atoms with E-state index in [4.69, 9.17) is 0 Å². The highest BCUT2D eigenvalue weighted by Gasteiger charge is 2.26. The summed E-state index contributed by atoms with van der Waals surface area (Å²) >= 11 is 0. The summed E-state index contributed by atoms with van der Waals surface area (Å²) < 4.78 is 27.3. The van der Waals surface area contributed by atoms with Gasteiger partial charge in [-0.2, -0.15) is 5.26 Å². The van der Waals surface area contributed by atoms with Crippen molar-refractivity contribution in [1.82, 2.24) is 5.32 Å². The third-order valence-electron chi connectivity index (χ3n) is 4.26. The number of allylic oxidation sites excluding steroid dienone is 3. The molecule has 0 saturated carbocycles. The maximum atomic E-state index is 13.6. The third-order valence-corrected chi connectivity index (χ3v) is 4.26. The highest BCUT2D eigenvalue weighted by Crippen LogP contribution is 2.33. The number of halogens is 2. The van der Waals surface area contributed by atoms with Gasteiger partial charge in [-0.1, -0.05) is 56.8 Å². The number of benzene rings is 2. The molecular weight excluding hydrogens is 354 g/mol. The maximum absolute atomic E-state index is 13.6. The van der Waals surface area contributed by atoms with E-state index in [0.717, 1.165) is 29.2 Å². The van der Waals surface area contributed by atoms with Gasteiger partial charge in [0.05, 0.1) is 0 Å². The average molecular weight is 382 g/mol. The number of nitriles is 1. The summed E-state index contributed by atoms with van der Waals surface area (Å²) in [4.78, 5) is 0. The SMILES string of the molecule is C=C/C(=C(/C#N)NC)c1cc(C)cc(-c2ccc(C(C)(F)F)c(C)c2)c1.CC. The molecule has 0 aliphatic rings. The van der Waals surface area contributed by atoms with Crippen molar-refractivity contribution in [3.63, 3.8) is 0 Å². The Balaban J connectivity index is 0.00000190. The highest BCUT2D eigenvalue weighted by molar-refractivity contribution is 5.81. The molecule has 0 bridgehead atoms. The van der Waals surface area contributed by atoms with E-state index in [2.05, 4.69) is 18.0 Å². The lowest BCUT2D eigenvalue weighted by molar-refractivity contribution is 0.0168. The van der Waals surface area contributed by atoms with Crippen molar-refractivity contribution in [3.8, 4) is 17.2 Å². The molecule has 2 aromatic rings. The molecule has 148 valence electrons. The second kappa shape index (κ2) is 9.85. The minimum Gasteiger partial charge on any atom is -0.379 e. The van der Waals surface area contributed by atoms with Crippen molar-refractivity contribution >= 4 is 5.57 Å². The number of hydrogen-bond acceptors (Lipinski definition) is 2. The van der Waals surface area contributed by atoms with Crippen molar-refractivity contribution in [3.05, 3.63) is 77.0 Å². The minimum atomic E-state index is -2.87. The molecule has 2 rings (SSSR count). The van der Waals surface area contributed by atoms with Crippen LogP contribution < -0.4 is 5.32 Å². The first kappa shape index (κ1) is 23.1. The number of alkyl halides is 2. The first-order valence-corrected chi connectivity index (χ1v) is 9.27. The Kier molecular flexibility index (Phi) is 8.13. The molecule has 0 heterocycles. The van der Waals surface area contributed by atoms with Crippen LogP contribution in [-0.2, 0) is 5.92 Å². The summed E-state index contributed by atoms with van der Waals surface area (Å²) in [6.07, 6.45) is 1.64. The smallest absolute Gasteiger partial charge is 0.270 e. The van der Waals surface area contributed by atoms with Crippen LogP contribution in [0.5, 0.6) is 0 Å². The van der Waals surface area contributed by atoms with Crippen molar-refractivity contribution in [2.75, 3.05) is 7.05 Å². The van der Waals surface area contributed by atoms with Gasteiger partial charge in [0.15, 0.2) is 0 Å². The predicted molar refractivity (Wildman–Crippen MR) is 114 cm³/mol. The average Bonchev–Trinajstić information content (AvgIpc) is 2.66. The van der Waals surface area contributed by atoms with Gasteiger partial charge in [-0.25, -0.2) is 8.78 Å². The molecule has 0 atom stereocenters. The van der Waals surface area contributed by atoms with Crippen LogP contribution in [0, 0.1) is 25.2 Å². The van der Waals surface area contributed by atoms with Crippen LogP contribution in [0.3, 0.4) is 0 Å². The first-order chi connectivity index (χ1) is 13.2. The quantitative estimate of drug-likeness (QED) is 0.459. The number of nitrogens with zero attached hydrogens (tertiary/aromatic N) is 1. The van der Waals surface area contributed by atoms with Gasteiger partial charge in [-0.15, -0.1) is 0 Å². The van der Waals surface area contributed by atoms with Crippen LogP contribution >= 0.6 is 0 Å². The third kappa shape index (κ3) is 5.29. The van der Waals surface area contributed by atoms with Gasteiger partial charge in [0.25, 0.3) is 5.92 Å². The number of rotatable bonds is 5. The van der Waals surface area contributed by atoms with E-state index in [-0.39, 0.29) is 5.56 Å². The fourth-order valence-corrected chi connectivity index (χ4v) is 3.06. The Morgan fingerprint density at radius 1 is 1.11 bits per heavy atom. The minimum absolute atomic E-state index is 0.0303.